The Bertz CT molecular complexity index is 2690. The Morgan fingerprint density at radius 2 is 0.409 bits per heavy atom. The minimum atomic E-state index is 0.615. The first-order valence-electron chi connectivity index (χ1n) is 35.6. The van der Waals surface area contributed by atoms with E-state index in [0.29, 0.717) is 11.8 Å². The summed E-state index contributed by atoms with van der Waals surface area (Å²) in [5.74, 6) is 15.3. The van der Waals surface area contributed by atoms with Gasteiger partial charge in [-0.05, 0) is 133 Å². The number of hydrogen-bond donors (Lipinski definition) is 0. The third kappa shape index (κ3) is 29.1. The van der Waals surface area contributed by atoms with E-state index in [4.69, 9.17) is 0 Å². The average Bonchev–Trinajstić information content (AvgIpc) is 2.47. The quantitative estimate of drug-likeness (QED) is 0.0207. The normalized spacial score (nSPS) is 11.0. The zero-order valence-corrected chi connectivity index (χ0v) is 63.8. The van der Waals surface area contributed by atoms with E-state index < -0.39 is 0 Å². The molecule has 88 heavy (non-hydrogen) atoms. The first-order chi connectivity index (χ1) is 43.4. The first kappa shape index (κ1) is 76.0. The van der Waals surface area contributed by atoms with Gasteiger partial charge in [-0.25, -0.2) is 0 Å². The van der Waals surface area contributed by atoms with Crippen LogP contribution in [0.4, 0.5) is 0 Å². The van der Waals surface area contributed by atoms with Crippen molar-refractivity contribution in [2.24, 2.45) is 0 Å². The summed E-state index contributed by atoms with van der Waals surface area (Å²) in [7, 11) is 0. The lowest BCUT2D eigenvalue weighted by Gasteiger charge is -2.19. The maximum Gasteiger partial charge on any atom is 0.0338 e. The average molecular weight is 1630 g/mol. The van der Waals surface area contributed by atoms with E-state index in [9.17, 15) is 0 Å². The molecule has 0 amide bonds. The van der Waals surface area contributed by atoms with Crippen molar-refractivity contribution in [1.29, 1.82) is 0 Å². The highest BCUT2D eigenvalue weighted by Crippen LogP contribution is 2.39. The van der Waals surface area contributed by atoms with Gasteiger partial charge in [0.2, 0.25) is 0 Å². The minimum absolute atomic E-state index is 0.615. The molecule has 0 radical (unpaired) electrons. The summed E-state index contributed by atoms with van der Waals surface area (Å²) in [5, 5.41) is 0. The lowest BCUT2D eigenvalue weighted by Crippen LogP contribution is -2.00. The van der Waals surface area contributed by atoms with Crippen molar-refractivity contribution in [3.63, 3.8) is 0 Å². The van der Waals surface area contributed by atoms with Gasteiger partial charge in [0.05, 0.1) is 0 Å². The van der Waals surface area contributed by atoms with Crippen LogP contribution in [-0.4, -0.2) is 0 Å². The van der Waals surface area contributed by atoms with Crippen LogP contribution in [0, 0.1) is 39.4 Å². The Kier molecular flexibility index (Phi) is 42.2. The molecular formula is C84H110I4. The molecule has 5 aromatic rings. The number of halogens is 4. The summed E-state index contributed by atoms with van der Waals surface area (Å²) in [6, 6.07) is 37.3. The molecule has 0 spiro atoms. The molecule has 0 fully saturated rings. The van der Waals surface area contributed by atoms with Crippen LogP contribution in [0.1, 0.15) is 330 Å². The molecule has 5 aromatic carbocycles. The van der Waals surface area contributed by atoms with Crippen molar-refractivity contribution in [3.8, 4) is 83.9 Å². The molecular weight excluding hydrogens is 1520 g/mol. The third-order valence-electron chi connectivity index (χ3n) is 18.6. The Balaban J connectivity index is 1.35. The Labute approximate surface area is 594 Å². The van der Waals surface area contributed by atoms with Gasteiger partial charge in [0.25, 0.3) is 0 Å². The first-order valence-corrected chi connectivity index (χ1v) is 39.9. The molecule has 0 unspecified atom stereocenters. The molecule has 0 aliphatic carbocycles. The predicted octanol–water partition coefficient (Wildman–Crippen LogP) is 29.2. The number of hydrogen-bond acceptors (Lipinski definition) is 0. The van der Waals surface area contributed by atoms with E-state index in [2.05, 4.69) is 255 Å². The van der Waals surface area contributed by atoms with Crippen molar-refractivity contribution in [1.82, 2.24) is 0 Å². The largest absolute Gasteiger partial charge is 0.0654 e. The summed E-state index contributed by atoms with van der Waals surface area (Å²) in [4.78, 5) is 0. The molecule has 474 valence electrons. The summed E-state index contributed by atoms with van der Waals surface area (Å²) in [6.45, 7) is 9.25. The number of rotatable bonds is 46. The monoisotopic (exact) mass is 1630 g/mol. The molecule has 0 atom stereocenters. The molecule has 0 aromatic heterocycles. The second-order valence-corrected chi connectivity index (χ2v) is 27.6. The van der Waals surface area contributed by atoms with Gasteiger partial charge in [0.1, 0.15) is 0 Å². The number of unbranched alkanes of at least 4 members (excludes halogenated alkanes) is 32. The number of benzene rings is 5. The van der Waals surface area contributed by atoms with Crippen molar-refractivity contribution >= 4 is 90.4 Å². The van der Waals surface area contributed by atoms with Crippen LogP contribution in [-0.2, 0) is 0 Å². The van der Waals surface area contributed by atoms with Crippen LogP contribution in [0.15, 0.2) is 97.1 Å². The highest BCUT2D eigenvalue weighted by atomic mass is 127. The Morgan fingerprint density at radius 1 is 0.239 bits per heavy atom. The van der Waals surface area contributed by atoms with Gasteiger partial charge in [-0.3, -0.25) is 0 Å². The molecule has 0 heterocycles. The van der Waals surface area contributed by atoms with E-state index in [0.717, 1.165) is 55.6 Å². The summed E-state index contributed by atoms with van der Waals surface area (Å²) in [5.41, 5.74) is 16.2. The lowest BCUT2D eigenvalue weighted by atomic mass is 9.86. The van der Waals surface area contributed by atoms with Gasteiger partial charge in [-0.1, -0.05) is 355 Å². The molecule has 0 saturated heterocycles. The molecule has 0 bridgehead atoms. The second kappa shape index (κ2) is 48.9. The van der Waals surface area contributed by atoms with E-state index in [1.54, 1.807) is 0 Å². The van der Waals surface area contributed by atoms with E-state index in [1.165, 1.54) is 279 Å². The lowest BCUT2D eigenvalue weighted by molar-refractivity contribution is 0.481. The van der Waals surface area contributed by atoms with E-state index in [-0.39, 0.29) is 0 Å². The fourth-order valence-corrected chi connectivity index (χ4v) is 14.4. The zero-order valence-electron chi connectivity index (χ0n) is 55.2. The van der Waals surface area contributed by atoms with E-state index in [1.807, 2.05) is 0 Å². The van der Waals surface area contributed by atoms with Gasteiger partial charge >= 0.3 is 0 Å². The van der Waals surface area contributed by atoms with Gasteiger partial charge in [-0.15, -0.1) is 0 Å². The fraction of sp³-hybridized carbons (Fsp3) is 0.548. The van der Waals surface area contributed by atoms with Gasteiger partial charge in [0, 0.05) is 113 Å². The fourth-order valence-electron chi connectivity index (χ4n) is 13.2. The smallest absolute Gasteiger partial charge is 0.0338 e. The summed E-state index contributed by atoms with van der Waals surface area (Å²) >= 11 is 8.78. The molecule has 0 saturated carbocycles. The molecule has 0 aliphatic heterocycles. The van der Waals surface area contributed by atoms with Crippen molar-refractivity contribution in [3.05, 3.63) is 130 Å². The predicted molar refractivity (Wildman–Crippen MR) is 425 cm³/mol. The van der Waals surface area contributed by atoms with Crippen LogP contribution < -0.4 is 0 Å². The maximum absolute atomic E-state index is 3.51. The van der Waals surface area contributed by atoms with Crippen LogP contribution in [0.25, 0.3) is 44.5 Å². The topological polar surface area (TPSA) is 0 Å². The third-order valence-corrected chi connectivity index (χ3v) is 19.6. The van der Waals surface area contributed by atoms with Crippen molar-refractivity contribution < 1.29 is 0 Å². The Hall–Kier alpha value is -2.74. The molecule has 0 nitrogen and oxygen atoms in total. The maximum atomic E-state index is 3.51. The summed E-state index contributed by atoms with van der Waals surface area (Å²) < 4.78 is 12.9. The second-order valence-electron chi connectivity index (χ2n) is 25.4. The molecule has 0 N–H and O–H groups in total. The zero-order chi connectivity index (χ0) is 62.5. The van der Waals surface area contributed by atoms with Crippen molar-refractivity contribution in [2.45, 2.75) is 296 Å². The molecule has 5 rings (SSSR count). The van der Waals surface area contributed by atoms with Gasteiger partial charge in [-0.2, -0.15) is 0 Å². The highest BCUT2D eigenvalue weighted by molar-refractivity contribution is 14.1. The van der Waals surface area contributed by atoms with E-state index >= 15 is 0 Å². The summed E-state index contributed by atoms with van der Waals surface area (Å²) in [6.07, 6.45) is 54.8. The van der Waals surface area contributed by atoms with Crippen LogP contribution >= 0.6 is 90.4 Å². The molecule has 0 aliphatic rings. The van der Waals surface area contributed by atoms with Gasteiger partial charge in [0.15, 0.2) is 0 Å². The van der Waals surface area contributed by atoms with Gasteiger partial charge < -0.3 is 0 Å². The SMILES string of the molecule is CCCCCCCCCCCC(CCCCCCCCCCC)c1ccc(-c2cc(C#CI)c(-c3ccc(-c4cc(C#CI)c(-c5ccc(C(CCCCCCCCCCC)CCCCCCCCCCC)cc5)cc4C#CI)cc3)cc2C#CI)cc1. The van der Waals surface area contributed by atoms with Crippen LogP contribution in [0.3, 0.4) is 0 Å². The van der Waals surface area contributed by atoms with Crippen LogP contribution in [0.2, 0.25) is 0 Å². The minimum Gasteiger partial charge on any atom is -0.0654 e. The molecule has 4 heteroatoms. The van der Waals surface area contributed by atoms with Crippen molar-refractivity contribution in [2.75, 3.05) is 0 Å². The van der Waals surface area contributed by atoms with Crippen LogP contribution in [0.5, 0.6) is 0 Å². The highest BCUT2D eigenvalue weighted by Gasteiger charge is 2.18. The standard InChI is InChI=1S/C84H110I4/c1-5-9-13-17-21-25-29-33-37-41-69(42-38-34-30-26-22-18-14-10-6-2)71-45-49-73(50-46-71)81-65-79(59-63-87)83(67-77(81)57-61-85)75-53-55-76(56-54-75)84-68-78(58-62-86)82(66-80(84)60-64-88)74-51-47-72(48-52-74)70(43-39-35-31-27-23-19-15-11-7-3)44-40-36-32-28-24-20-16-12-8-4/h45-56,65-70H,5-44H2,1-4H3. The Morgan fingerprint density at radius 3 is 0.591 bits per heavy atom.